The molecule has 2 N–H and O–H groups in total. The molecule has 0 aliphatic heterocycles. The fourth-order valence-corrected chi connectivity index (χ4v) is 1.77. The second-order valence-corrected chi connectivity index (χ2v) is 5.73. The van der Waals surface area contributed by atoms with E-state index in [0.29, 0.717) is 0 Å². The molecule has 1 unspecified atom stereocenters. The van der Waals surface area contributed by atoms with Crippen LogP contribution in [0.5, 0.6) is 0 Å². The maximum absolute atomic E-state index is 8.89. The van der Waals surface area contributed by atoms with Crippen LogP contribution in [0.3, 0.4) is 0 Å². The Morgan fingerprint density at radius 1 is 1.44 bits per heavy atom. The Morgan fingerprint density at radius 3 is 2.50 bits per heavy atom. The first-order chi connectivity index (χ1) is 7.44. The van der Waals surface area contributed by atoms with Crippen LogP contribution in [-0.2, 0) is 0 Å². The molecule has 1 aliphatic carbocycles. The normalized spacial score (nSPS) is 19.8. The summed E-state index contributed by atoms with van der Waals surface area (Å²) < 4.78 is 0. The van der Waals surface area contributed by atoms with Gasteiger partial charge in [0.25, 0.3) is 0 Å². The van der Waals surface area contributed by atoms with Crippen molar-refractivity contribution >= 4 is 0 Å². The SMILES string of the molecule is CC(C)CCN(CCC(C)(N)C#N)C1CC1. The number of nitrogens with zero attached hydrogens (tertiary/aromatic N) is 2. The Bertz CT molecular complexity index is 248. The quantitative estimate of drug-likeness (QED) is 0.719. The number of hydrogen-bond acceptors (Lipinski definition) is 3. The lowest BCUT2D eigenvalue weighted by Crippen LogP contribution is -2.40. The summed E-state index contributed by atoms with van der Waals surface area (Å²) in [7, 11) is 0. The van der Waals surface area contributed by atoms with Gasteiger partial charge in [0.1, 0.15) is 5.54 Å². The fourth-order valence-electron chi connectivity index (χ4n) is 1.77. The van der Waals surface area contributed by atoms with E-state index in [-0.39, 0.29) is 0 Å². The van der Waals surface area contributed by atoms with Crippen molar-refractivity contribution in [2.75, 3.05) is 13.1 Å². The maximum atomic E-state index is 8.89. The minimum atomic E-state index is -0.662. The van der Waals surface area contributed by atoms with Crippen molar-refractivity contribution < 1.29 is 0 Å². The van der Waals surface area contributed by atoms with E-state index in [1.807, 2.05) is 6.92 Å². The summed E-state index contributed by atoms with van der Waals surface area (Å²) in [6.45, 7) is 8.46. The van der Waals surface area contributed by atoms with Gasteiger partial charge in [0.05, 0.1) is 6.07 Å². The lowest BCUT2D eigenvalue weighted by Gasteiger charge is -2.26. The zero-order valence-corrected chi connectivity index (χ0v) is 10.9. The van der Waals surface area contributed by atoms with Gasteiger partial charge in [-0.25, -0.2) is 0 Å². The molecule has 0 bridgehead atoms. The van der Waals surface area contributed by atoms with Crippen molar-refractivity contribution in [3.8, 4) is 6.07 Å². The standard InChI is InChI=1S/C13H25N3/c1-11(2)6-8-16(12-4-5-12)9-7-13(3,15)10-14/h11-12H,4-9,15H2,1-3H3. The van der Waals surface area contributed by atoms with Gasteiger partial charge in [-0.05, 0) is 45.1 Å². The van der Waals surface area contributed by atoms with Gasteiger partial charge >= 0.3 is 0 Å². The lowest BCUT2D eigenvalue weighted by atomic mass is 10.0. The molecule has 0 aromatic rings. The van der Waals surface area contributed by atoms with E-state index in [1.165, 1.54) is 19.3 Å². The molecule has 0 radical (unpaired) electrons. The van der Waals surface area contributed by atoms with Gasteiger partial charge in [-0.3, -0.25) is 0 Å². The molecule has 3 heteroatoms. The van der Waals surface area contributed by atoms with Crippen molar-refractivity contribution in [3.05, 3.63) is 0 Å². The van der Waals surface area contributed by atoms with Crippen LogP contribution >= 0.6 is 0 Å². The third-order valence-corrected chi connectivity index (χ3v) is 3.23. The topological polar surface area (TPSA) is 53.0 Å². The predicted molar refractivity (Wildman–Crippen MR) is 66.9 cm³/mol. The van der Waals surface area contributed by atoms with Crippen LogP contribution in [0, 0.1) is 17.2 Å². The molecule has 0 saturated heterocycles. The van der Waals surface area contributed by atoms with Crippen molar-refractivity contribution in [3.63, 3.8) is 0 Å². The molecule has 92 valence electrons. The zero-order chi connectivity index (χ0) is 12.2. The average molecular weight is 223 g/mol. The Kier molecular flexibility index (Phi) is 4.76. The third kappa shape index (κ3) is 4.96. The maximum Gasteiger partial charge on any atom is 0.102 e. The monoisotopic (exact) mass is 223 g/mol. The molecule has 1 atom stereocenters. The number of rotatable bonds is 7. The van der Waals surface area contributed by atoms with Crippen LogP contribution in [0.25, 0.3) is 0 Å². The molecular weight excluding hydrogens is 198 g/mol. The van der Waals surface area contributed by atoms with Crippen molar-refractivity contribution in [1.82, 2.24) is 4.90 Å². The molecule has 1 fully saturated rings. The molecule has 1 rings (SSSR count). The first-order valence-electron chi connectivity index (χ1n) is 6.39. The van der Waals surface area contributed by atoms with Crippen LogP contribution in [0.15, 0.2) is 0 Å². The highest BCUT2D eigenvalue weighted by Crippen LogP contribution is 2.28. The van der Waals surface area contributed by atoms with E-state index in [4.69, 9.17) is 11.0 Å². The van der Waals surface area contributed by atoms with Gasteiger partial charge in [0.2, 0.25) is 0 Å². The molecule has 0 heterocycles. The van der Waals surface area contributed by atoms with Gasteiger partial charge in [0.15, 0.2) is 0 Å². The highest BCUT2D eigenvalue weighted by Gasteiger charge is 2.30. The van der Waals surface area contributed by atoms with E-state index >= 15 is 0 Å². The Labute approximate surface area is 99.6 Å². The number of nitrogens with two attached hydrogens (primary N) is 1. The summed E-state index contributed by atoms with van der Waals surface area (Å²) in [6, 6.07) is 2.94. The third-order valence-electron chi connectivity index (χ3n) is 3.23. The van der Waals surface area contributed by atoms with Gasteiger partial charge in [-0.1, -0.05) is 13.8 Å². The van der Waals surface area contributed by atoms with E-state index < -0.39 is 5.54 Å². The van der Waals surface area contributed by atoms with Crippen molar-refractivity contribution in [2.24, 2.45) is 11.7 Å². The minimum Gasteiger partial charge on any atom is -0.314 e. The molecule has 0 spiro atoms. The van der Waals surface area contributed by atoms with Crippen molar-refractivity contribution in [2.45, 2.75) is 58.0 Å². The highest BCUT2D eigenvalue weighted by atomic mass is 15.2. The minimum absolute atomic E-state index is 0.662. The fraction of sp³-hybridized carbons (Fsp3) is 0.923. The van der Waals surface area contributed by atoms with E-state index in [9.17, 15) is 0 Å². The highest BCUT2D eigenvalue weighted by molar-refractivity contribution is 5.01. The Hall–Kier alpha value is -0.590. The van der Waals surface area contributed by atoms with Crippen LogP contribution in [0.1, 0.15) is 46.5 Å². The summed E-state index contributed by atoms with van der Waals surface area (Å²) >= 11 is 0. The summed E-state index contributed by atoms with van der Waals surface area (Å²) in [5.74, 6) is 0.751. The summed E-state index contributed by atoms with van der Waals surface area (Å²) in [5.41, 5.74) is 5.19. The summed E-state index contributed by atoms with van der Waals surface area (Å²) in [5, 5.41) is 8.89. The van der Waals surface area contributed by atoms with Crippen LogP contribution in [0.2, 0.25) is 0 Å². The summed E-state index contributed by atoms with van der Waals surface area (Å²) in [6.07, 6.45) is 4.67. The van der Waals surface area contributed by atoms with Crippen LogP contribution in [0.4, 0.5) is 0 Å². The molecule has 3 nitrogen and oxygen atoms in total. The second kappa shape index (κ2) is 5.65. The van der Waals surface area contributed by atoms with Crippen molar-refractivity contribution in [1.29, 1.82) is 5.26 Å². The molecule has 1 aliphatic rings. The smallest absolute Gasteiger partial charge is 0.102 e. The lowest BCUT2D eigenvalue weighted by molar-refractivity contribution is 0.233. The molecule has 16 heavy (non-hydrogen) atoms. The average Bonchev–Trinajstić information content (AvgIpc) is 3.01. The van der Waals surface area contributed by atoms with Gasteiger partial charge in [-0.15, -0.1) is 0 Å². The predicted octanol–water partition coefficient (Wildman–Crippen LogP) is 2.13. The van der Waals surface area contributed by atoms with E-state index in [2.05, 4.69) is 24.8 Å². The van der Waals surface area contributed by atoms with Gasteiger partial charge in [-0.2, -0.15) is 5.26 Å². The zero-order valence-electron chi connectivity index (χ0n) is 10.9. The Morgan fingerprint density at radius 2 is 2.06 bits per heavy atom. The molecular formula is C13H25N3. The number of hydrogen-bond donors (Lipinski definition) is 1. The van der Waals surface area contributed by atoms with E-state index in [0.717, 1.165) is 31.5 Å². The first kappa shape index (κ1) is 13.5. The molecule has 0 aromatic heterocycles. The van der Waals surface area contributed by atoms with Crippen LogP contribution < -0.4 is 5.73 Å². The van der Waals surface area contributed by atoms with Gasteiger partial charge < -0.3 is 10.6 Å². The Balaban J connectivity index is 2.31. The summed E-state index contributed by atoms with van der Waals surface area (Å²) in [4.78, 5) is 2.52. The first-order valence-corrected chi connectivity index (χ1v) is 6.39. The van der Waals surface area contributed by atoms with E-state index in [1.54, 1.807) is 0 Å². The van der Waals surface area contributed by atoms with Crippen LogP contribution in [-0.4, -0.2) is 29.6 Å². The van der Waals surface area contributed by atoms with Gasteiger partial charge in [0, 0.05) is 12.6 Å². The molecule has 1 saturated carbocycles. The number of nitriles is 1. The largest absolute Gasteiger partial charge is 0.314 e. The molecule has 0 amide bonds. The second-order valence-electron chi connectivity index (χ2n) is 5.73. The molecule has 0 aromatic carbocycles.